The number of hydrogen-bond acceptors (Lipinski definition) is 3. The summed E-state index contributed by atoms with van der Waals surface area (Å²) >= 11 is 0. The molecule has 1 rings (SSSR count). The van der Waals surface area contributed by atoms with Gasteiger partial charge in [-0.05, 0) is 19.8 Å². The molecule has 2 N–H and O–H groups in total. The minimum Gasteiger partial charge on any atom is -0.365 e. The summed E-state index contributed by atoms with van der Waals surface area (Å²) in [5.74, 6) is 1.40. The second-order valence-corrected chi connectivity index (χ2v) is 4.32. The Kier molecular flexibility index (Phi) is 4.10. The molecule has 4 heteroatoms. The van der Waals surface area contributed by atoms with Gasteiger partial charge in [-0.15, -0.1) is 0 Å². The molecule has 90 valence electrons. The van der Waals surface area contributed by atoms with Crippen molar-refractivity contribution < 1.29 is 0 Å². The van der Waals surface area contributed by atoms with Crippen molar-refractivity contribution in [1.29, 1.82) is 0 Å². The van der Waals surface area contributed by atoms with Crippen LogP contribution < -0.4 is 10.9 Å². The molecule has 0 aromatic carbocycles. The molecule has 0 aliphatic carbocycles. The Morgan fingerprint density at radius 1 is 1.38 bits per heavy atom. The van der Waals surface area contributed by atoms with Gasteiger partial charge in [0.15, 0.2) is 0 Å². The monoisotopic (exact) mass is 223 g/mol. The van der Waals surface area contributed by atoms with Crippen molar-refractivity contribution in [2.24, 2.45) is 0 Å². The Hall–Kier alpha value is -1.32. The number of nitrogens with zero attached hydrogens (tertiary/aromatic N) is 1. The van der Waals surface area contributed by atoms with Gasteiger partial charge in [-0.2, -0.15) is 0 Å². The molecule has 0 atom stereocenters. The van der Waals surface area contributed by atoms with E-state index in [1.165, 1.54) is 6.07 Å². The molecule has 0 bridgehead atoms. The number of anilines is 1. The third-order valence-electron chi connectivity index (χ3n) is 3.12. The van der Waals surface area contributed by atoms with Crippen molar-refractivity contribution in [3.63, 3.8) is 0 Å². The van der Waals surface area contributed by atoms with Crippen LogP contribution >= 0.6 is 0 Å². The van der Waals surface area contributed by atoms with E-state index in [0.29, 0.717) is 5.82 Å². The lowest BCUT2D eigenvalue weighted by Crippen LogP contribution is -2.34. The summed E-state index contributed by atoms with van der Waals surface area (Å²) in [6.45, 7) is 8.37. The number of hydrogen-bond donors (Lipinski definition) is 2. The molecule has 16 heavy (non-hydrogen) atoms. The van der Waals surface area contributed by atoms with Crippen LogP contribution in [-0.2, 0) is 6.42 Å². The maximum atomic E-state index is 11.4. The fourth-order valence-electron chi connectivity index (χ4n) is 1.48. The van der Waals surface area contributed by atoms with Crippen LogP contribution in [0.2, 0.25) is 0 Å². The number of aromatic amines is 1. The fourth-order valence-corrected chi connectivity index (χ4v) is 1.48. The van der Waals surface area contributed by atoms with Crippen LogP contribution in [0.1, 0.15) is 46.4 Å². The van der Waals surface area contributed by atoms with E-state index in [2.05, 4.69) is 36.1 Å². The predicted molar refractivity (Wildman–Crippen MR) is 66.8 cm³/mol. The SMILES string of the molecule is CCc1nc(NC(C)(CC)CC)cc(=O)[nH]1. The van der Waals surface area contributed by atoms with Gasteiger partial charge >= 0.3 is 0 Å². The summed E-state index contributed by atoms with van der Waals surface area (Å²) in [5, 5.41) is 3.34. The molecule has 1 aromatic heterocycles. The zero-order valence-electron chi connectivity index (χ0n) is 10.6. The van der Waals surface area contributed by atoms with Crippen LogP contribution in [0.25, 0.3) is 0 Å². The van der Waals surface area contributed by atoms with Crippen molar-refractivity contribution in [3.05, 3.63) is 22.2 Å². The summed E-state index contributed by atoms with van der Waals surface area (Å²) in [6, 6.07) is 1.52. The van der Waals surface area contributed by atoms with E-state index in [4.69, 9.17) is 0 Å². The third-order valence-corrected chi connectivity index (χ3v) is 3.12. The van der Waals surface area contributed by atoms with Crippen LogP contribution in [0.3, 0.4) is 0 Å². The van der Waals surface area contributed by atoms with Crippen LogP contribution in [0.15, 0.2) is 10.9 Å². The molecule has 0 aliphatic heterocycles. The lowest BCUT2D eigenvalue weighted by atomic mass is 9.96. The van der Waals surface area contributed by atoms with Gasteiger partial charge in [0.1, 0.15) is 11.6 Å². The molecule has 0 fully saturated rings. The van der Waals surface area contributed by atoms with E-state index >= 15 is 0 Å². The van der Waals surface area contributed by atoms with Crippen LogP contribution in [0.5, 0.6) is 0 Å². The first kappa shape index (κ1) is 12.7. The first-order valence-electron chi connectivity index (χ1n) is 5.91. The van der Waals surface area contributed by atoms with Gasteiger partial charge in [-0.1, -0.05) is 20.8 Å². The average Bonchev–Trinajstić information content (AvgIpc) is 2.28. The molecule has 4 nitrogen and oxygen atoms in total. The normalized spacial score (nSPS) is 11.5. The Morgan fingerprint density at radius 2 is 2.00 bits per heavy atom. The zero-order valence-corrected chi connectivity index (χ0v) is 10.6. The average molecular weight is 223 g/mol. The van der Waals surface area contributed by atoms with Crippen LogP contribution in [0, 0.1) is 0 Å². The minimum absolute atomic E-state index is 0.00576. The van der Waals surface area contributed by atoms with Crippen molar-refractivity contribution in [2.75, 3.05) is 5.32 Å². The predicted octanol–water partition coefficient (Wildman–Crippen LogP) is 2.32. The van der Waals surface area contributed by atoms with E-state index in [-0.39, 0.29) is 11.1 Å². The highest BCUT2D eigenvalue weighted by atomic mass is 16.1. The summed E-state index contributed by atoms with van der Waals surface area (Å²) in [4.78, 5) is 18.5. The Labute approximate surface area is 96.5 Å². The van der Waals surface area contributed by atoms with E-state index in [9.17, 15) is 4.79 Å². The van der Waals surface area contributed by atoms with Crippen molar-refractivity contribution in [2.45, 2.75) is 52.5 Å². The molecule has 0 radical (unpaired) electrons. The van der Waals surface area contributed by atoms with E-state index in [1.807, 2.05) is 6.92 Å². The molecule has 1 heterocycles. The Morgan fingerprint density at radius 3 is 2.50 bits per heavy atom. The molecule has 0 saturated carbocycles. The second kappa shape index (κ2) is 5.14. The quantitative estimate of drug-likeness (QED) is 0.805. The van der Waals surface area contributed by atoms with E-state index in [1.54, 1.807) is 0 Å². The highest BCUT2D eigenvalue weighted by Gasteiger charge is 2.19. The highest BCUT2D eigenvalue weighted by Crippen LogP contribution is 2.19. The van der Waals surface area contributed by atoms with Crippen molar-refractivity contribution in [3.8, 4) is 0 Å². The zero-order chi connectivity index (χ0) is 12.2. The summed E-state index contributed by atoms with van der Waals surface area (Å²) in [6.07, 6.45) is 2.73. The van der Waals surface area contributed by atoms with Crippen molar-refractivity contribution in [1.82, 2.24) is 9.97 Å². The van der Waals surface area contributed by atoms with Crippen LogP contribution in [-0.4, -0.2) is 15.5 Å². The van der Waals surface area contributed by atoms with E-state index in [0.717, 1.165) is 25.1 Å². The molecule has 0 saturated heterocycles. The molecular weight excluding hydrogens is 202 g/mol. The molecule has 0 spiro atoms. The molecule has 1 aromatic rings. The van der Waals surface area contributed by atoms with Gasteiger partial charge in [-0.3, -0.25) is 4.79 Å². The van der Waals surface area contributed by atoms with Gasteiger partial charge in [0.2, 0.25) is 0 Å². The third kappa shape index (κ3) is 3.08. The van der Waals surface area contributed by atoms with Gasteiger partial charge in [0, 0.05) is 18.0 Å². The van der Waals surface area contributed by atoms with Crippen molar-refractivity contribution >= 4 is 5.82 Å². The van der Waals surface area contributed by atoms with Gasteiger partial charge < -0.3 is 10.3 Å². The number of aryl methyl sites for hydroxylation is 1. The molecule has 0 amide bonds. The first-order chi connectivity index (χ1) is 7.53. The number of rotatable bonds is 5. The lowest BCUT2D eigenvalue weighted by molar-refractivity contribution is 0.476. The Balaban J connectivity index is 2.96. The highest BCUT2D eigenvalue weighted by molar-refractivity contribution is 5.36. The summed E-state index contributed by atoms with van der Waals surface area (Å²) in [5.41, 5.74) is -0.0878. The fraction of sp³-hybridized carbons (Fsp3) is 0.667. The second-order valence-electron chi connectivity index (χ2n) is 4.32. The first-order valence-corrected chi connectivity index (χ1v) is 5.91. The number of nitrogens with one attached hydrogen (secondary N) is 2. The summed E-state index contributed by atoms with van der Waals surface area (Å²) in [7, 11) is 0. The Bertz CT molecular complexity index is 393. The maximum absolute atomic E-state index is 11.4. The van der Waals surface area contributed by atoms with Crippen LogP contribution in [0.4, 0.5) is 5.82 Å². The summed E-state index contributed by atoms with van der Waals surface area (Å²) < 4.78 is 0. The minimum atomic E-state index is -0.0936. The standard InChI is InChI=1S/C12H21N3O/c1-5-9-13-10(8-11(16)14-9)15-12(4,6-2)7-3/h8H,5-7H2,1-4H3,(H2,13,14,15,16). The topological polar surface area (TPSA) is 57.8 Å². The molecule has 0 unspecified atom stereocenters. The van der Waals surface area contributed by atoms with Gasteiger partial charge in [0.25, 0.3) is 5.56 Å². The van der Waals surface area contributed by atoms with Gasteiger partial charge in [-0.25, -0.2) is 4.98 Å². The maximum Gasteiger partial charge on any atom is 0.252 e. The molecular formula is C12H21N3O. The number of H-pyrrole nitrogens is 1. The molecule has 0 aliphatic rings. The number of aromatic nitrogens is 2. The van der Waals surface area contributed by atoms with Gasteiger partial charge in [0.05, 0.1) is 0 Å². The van der Waals surface area contributed by atoms with E-state index < -0.39 is 0 Å². The largest absolute Gasteiger partial charge is 0.365 e. The lowest BCUT2D eigenvalue weighted by Gasteiger charge is -2.28. The smallest absolute Gasteiger partial charge is 0.252 e.